The first kappa shape index (κ1) is 14.5. The number of benzene rings is 2. The lowest BCUT2D eigenvalue weighted by atomic mass is 10.0. The summed E-state index contributed by atoms with van der Waals surface area (Å²) in [4.78, 5) is 2.47. The monoisotopic (exact) mass is 284 g/mol. The fourth-order valence-electron chi connectivity index (χ4n) is 3.04. The summed E-state index contributed by atoms with van der Waals surface area (Å²) < 4.78 is 5.76. The second-order valence-electron chi connectivity index (χ2n) is 6.05. The molecule has 2 aromatic carbocycles. The standard InChI is InChI=1S/C18H24N2O/c1-13(19)18-12-20(9-10-21-18)14(2)16-8-7-15-5-3-4-6-17(15)11-16/h3-8,11,13-14,18H,9-10,12,19H2,1-2H3. The Morgan fingerprint density at radius 3 is 2.67 bits per heavy atom. The Morgan fingerprint density at radius 2 is 1.90 bits per heavy atom. The molecule has 3 nitrogen and oxygen atoms in total. The van der Waals surface area contributed by atoms with Crippen molar-refractivity contribution >= 4 is 10.8 Å². The smallest absolute Gasteiger partial charge is 0.0850 e. The molecule has 1 heterocycles. The van der Waals surface area contributed by atoms with Gasteiger partial charge in [0.2, 0.25) is 0 Å². The van der Waals surface area contributed by atoms with E-state index in [4.69, 9.17) is 10.5 Å². The summed E-state index contributed by atoms with van der Waals surface area (Å²) in [6, 6.07) is 15.7. The van der Waals surface area contributed by atoms with Crippen LogP contribution in [0.4, 0.5) is 0 Å². The van der Waals surface area contributed by atoms with Gasteiger partial charge in [0.1, 0.15) is 0 Å². The van der Waals surface area contributed by atoms with Crippen molar-refractivity contribution in [3.8, 4) is 0 Å². The van der Waals surface area contributed by atoms with E-state index in [1.165, 1.54) is 16.3 Å². The van der Waals surface area contributed by atoms with Crippen LogP contribution in [0.15, 0.2) is 42.5 Å². The molecular weight excluding hydrogens is 260 g/mol. The maximum absolute atomic E-state index is 5.99. The molecule has 0 aromatic heterocycles. The van der Waals surface area contributed by atoms with Gasteiger partial charge in [-0.1, -0.05) is 36.4 Å². The SMILES string of the molecule is CC(N)C1CN(C(C)c2ccc3ccccc3c2)CCO1. The van der Waals surface area contributed by atoms with Gasteiger partial charge in [-0.15, -0.1) is 0 Å². The highest BCUT2D eigenvalue weighted by molar-refractivity contribution is 5.83. The van der Waals surface area contributed by atoms with Crippen molar-refractivity contribution in [2.75, 3.05) is 19.7 Å². The first-order chi connectivity index (χ1) is 10.1. The molecule has 3 rings (SSSR count). The van der Waals surface area contributed by atoms with E-state index in [1.807, 2.05) is 6.92 Å². The maximum atomic E-state index is 5.99. The van der Waals surface area contributed by atoms with E-state index in [1.54, 1.807) is 0 Å². The Kier molecular flexibility index (Phi) is 4.24. The van der Waals surface area contributed by atoms with Crippen LogP contribution in [-0.2, 0) is 4.74 Å². The lowest BCUT2D eigenvalue weighted by molar-refractivity contribution is -0.0498. The zero-order valence-electron chi connectivity index (χ0n) is 12.8. The quantitative estimate of drug-likeness (QED) is 0.942. The lowest BCUT2D eigenvalue weighted by Crippen LogP contribution is -2.50. The molecule has 3 heteroatoms. The van der Waals surface area contributed by atoms with E-state index in [0.717, 1.165) is 19.7 Å². The molecule has 1 aliphatic heterocycles. The Bertz CT molecular complexity index is 611. The van der Waals surface area contributed by atoms with Crippen molar-refractivity contribution < 1.29 is 4.74 Å². The number of nitrogens with two attached hydrogens (primary N) is 1. The minimum absolute atomic E-state index is 0.0802. The van der Waals surface area contributed by atoms with E-state index in [9.17, 15) is 0 Å². The number of fused-ring (bicyclic) bond motifs is 1. The molecule has 0 saturated carbocycles. The predicted molar refractivity (Wildman–Crippen MR) is 87.3 cm³/mol. The maximum Gasteiger partial charge on any atom is 0.0850 e. The number of ether oxygens (including phenoxy) is 1. The van der Waals surface area contributed by atoms with E-state index < -0.39 is 0 Å². The van der Waals surface area contributed by atoms with Crippen LogP contribution in [0.5, 0.6) is 0 Å². The van der Waals surface area contributed by atoms with Gasteiger partial charge in [-0.2, -0.15) is 0 Å². The van der Waals surface area contributed by atoms with Crippen molar-refractivity contribution in [1.82, 2.24) is 4.90 Å². The fourth-order valence-corrected chi connectivity index (χ4v) is 3.04. The topological polar surface area (TPSA) is 38.5 Å². The molecule has 3 atom stereocenters. The van der Waals surface area contributed by atoms with Crippen molar-refractivity contribution in [3.63, 3.8) is 0 Å². The van der Waals surface area contributed by atoms with E-state index in [0.29, 0.717) is 6.04 Å². The lowest BCUT2D eigenvalue weighted by Gasteiger charge is -2.38. The van der Waals surface area contributed by atoms with Crippen molar-refractivity contribution in [1.29, 1.82) is 0 Å². The molecule has 0 amide bonds. The van der Waals surface area contributed by atoms with Crippen molar-refractivity contribution in [2.24, 2.45) is 5.73 Å². The van der Waals surface area contributed by atoms with Crippen LogP contribution in [0.3, 0.4) is 0 Å². The Labute approximate surface area is 126 Å². The molecule has 0 spiro atoms. The number of hydrogen-bond donors (Lipinski definition) is 1. The van der Waals surface area contributed by atoms with Gasteiger partial charge in [-0.3, -0.25) is 4.90 Å². The van der Waals surface area contributed by atoms with Gasteiger partial charge < -0.3 is 10.5 Å². The minimum Gasteiger partial charge on any atom is -0.374 e. The van der Waals surface area contributed by atoms with Crippen LogP contribution >= 0.6 is 0 Å². The minimum atomic E-state index is 0.0802. The summed E-state index contributed by atoms with van der Waals surface area (Å²) in [6.45, 7) is 6.94. The summed E-state index contributed by atoms with van der Waals surface area (Å²) in [5.41, 5.74) is 7.35. The highest BCUT2D eigenvalue weighted by Gasteiger charge is 2.26. The average Bonchev–Trinajstić information content (AvgIpc) is 2.53. The summed E-state index contributed by atoms with van der Waals surface area (Å²) in [6.07, 6.45) is 0.140. The molecule has 0 radical (unpaired) electrons. The van der Waals surface area contributed by atoms with Crippen LogP contribution in [0, 0.1) is 0 Å². The molecule has 0 bridgehead atoms. The van der Waals surface area contributed by atoms with Gasteiger partial charge >= 0.3 is 0 Å². The van der Waals surface area contributed by atoms with Crippen molar-refractivity contribution in [2.45, 2.75) is 32.0 Å². The zero-order valence-corrected chi connectivity index (χ0v) is 12.8. The van der Waals surface area contributed by atoms with Gasteiger partial charge in [0.15, 0.2) is 0 Å². The molecule has 112 valence electrons. The molecule has 2 aromatic rings. The van der Waals surface area contributed by atoms with Crippen LogP contribution < -0.4 is 5.73 Å². The van der Waals surface area contributed by atoms with Crippen LogP contribution in [-0.4, -0.2) is 36.7 Å². The van der Waals surface area contributed by atoms with Gasteiger partial charge in [0.25, 0.3) is 0 Å². The predicted octanol–water partition coefficient (Wildman–Crippen LogP) is 2.95. The first-order valence-electron chi connectivity index (χ1n) is 7.75. The average molecular weight is 284 g/mol. The summed E-state index contributed by atoms with van der Waals surface area (Å²) in [5.74, 6) is 0. The van der Waals surface area contributed by atoms with Crippen molar-refractivity contribution in [3.05, 3.63) is 48.0 Å². The second-order valence-corrected chi connectivity index (χ2v) is 6.05. The largest absolute Gasteiger partial charge is 0.374 e. The first-order valence-corrected chi connectivity index (χ1v) is 7.75. The molecule has 0 aliphatic carbocycles. The second kappa shape index (κ2) is 6.14. The summed E-state index contributed by atoms with van der Waals surface area (Å²) in [7, 11) is 0. The highest BCUT2D eigenvalue weighted by Crippen LogP contribution is 2.26. The normalized spacial score (nSPS) is 23.1. The Balaban J connectivity index is 1.81. The molecule has 1 fully saturated rings. The zero-order chi connectivity index (χ0) is 14.8. The van der Waals surface area contributed by atoms with Crippen LogP contribution in [0.25, 0.3) is 10.8 Å². The van der Waals surface area contributed by atoms with Crippen LogP contribution in [0.2, 0.25) is 0 Å². The van der Waals surface area contributed by atoms with Gasteiger partial charge in [0, 0.05) is 25.2 Å². The van der Waals surface area contributed by atoms with Gasteiger partial charge in [-0.05, 0) is 36.2 Å². The Hall–Kier alpha value is -1.42. The van der Waals surface area contributed by atoms with E-state index in [2.05, 4.69) is 54.3 Å². The third-order valence-electron chi connectivity index (χ3n) is 4.51. The number of nitrogens with zero attached hydrogens (tertiary/aromatic N) is 1. The molecular formula is C18H24N2O. The van der Waals surface area contributed by atoms with Crippen LogP contribution in [0.1, 0.15) is 25.5 Å². The Morgan fingerprint density at radius 1 is 1.14 bits per heavy atom. The fraction of sp³-hybridized carbons (Fsp3) is 0.444. The number of hydrogen-bond acceptors (Lipinski definition) is 3. The molecule has 21 heavy (non-hydrogen) atoms. The number of morpholine rings is 1. The highest BCUT2D eigenvalue weighted by atomic mass is 16.5. The third kappa shape index (κ3) is 3.10. The van der Waals surface area contributed by atoms with E-state index >= 15 is 0 Å². The number of rotatable bonds is 3. The molecule has 3 unspecified atom stereocenters. The van der Waals surface area contributed by atoms with E-state index in [-0.39, 0.29) is 12.1 Å². The molecule has 1 aliphatic rings. The summed E-state index contributed by atoms with van der Waals surface area (Å²) in [5, 5.41) is 2.60. The third-order valence-corrected chi connectivity index (χ3v) is 4.51. The molecule has 2 N–H and O–H groups in total. The summed E-state index contributed by atoms with van der Waals surface area (Å²) >= 11 is 0. The molecule has 1 saturated heterocycles. The van der Waals surface area contributed by atoms with Gasteiger partial charge in [-0.25, -0.2) is 0 Å². The van der Waals surface area contributed by atoms with Gasteiger partial charge in [0.05, 0.1) is 12.7 Å².